The Bertz CT molecular complexity index is 422. The van der Waals surface area contributed by atoms with E-state index in [1.165, 1.54) is 0 Å². The summed E-state index contributed by atoms with van der Waals surface area (Å²) in [4.78, 5) is 0. The van der Waals surface area contributed by atoms with Gasteiger partial charge in [-0.15, -0.1) is 0 Å². The lowest BCUT2D eigenvalue weighted by Crippen LogP contribution is -2.46. The molecule has 0 bridgehead atoms. The van der Waals surface area contributed by atoms with E-state index in [9.17, 15) is 4.39 Å². The quantitative estimate of drug-likeness (QED) is 0.850. The number of nitrogens with one attached hydrogen (secondary N) is 1. The second-order valence-corrected chi connectivity index (χ2v) is 5.24. The van der Waals surface area contributed by atoms with Crippen molar-refractivity contribution in [3.05, 3.63) is 35.1 Å². The summed E-state index contributed by atoms with van der Waals surface area (Å²) in [5.41, 5.74) is 1.06. The molecule has 1 aromatic carbocycles. The van der Waals surface area contributed by atoms with Gasteiger partial charge in [-0.25, -0.2) is 4.39 Å². The van der Waals surface area contributed by atoms with Gasteiger partial charge in [-0.05, 0) is 31.2 Å². The first-order valence-corrected chi connectivity index (χ1v) is 6.34. The third kappa shape index (κ3) is 1.98. The zero-order chi connectivity index (χ0) is 11.9. The molecule has 0 aromatic heterocycles. The molecule has 0 radical (unpaired) electrons. The van der Waals surface area contributed by atoms with E-state index in [0.29, 0.717) is 24.6 Å². The van der Waals surface area contributed by atoms with E-state index < -0.39 is 5.60 Å². The number of morpholine rings is 1. The second-order valence-electron chi connectivity index (χ2n) is 5.24. The zero-order valence-electron chi connectivity index (χ0n) is 10.1. The Kier molecular flexibility index (Phi) is 2.68. The van der Waals surface area contributed by atoms with Crippen molar-refractivity contribution in [2.75, 3.05) is 19.7 Å². The molecule has 2 nitrogen and oxygen atoms in total. The van der Waals surface area contributed by atoms with Gasteiger partial charge in [-0.1, -0.05) is 18.2 Å². The lowest BCUT2D eigenvalue weighted by molar-refractivity contribution is -0.0594. The van der Waals surface area contributed by atoms with E-state index in [1.54, 1.807) is 0 Å². The Morgan fingerprint density at radius 1 is 1.41 bits per heavy atom. The molecule has 1 aliphatic heterocycles. The van der Waals surface area contributed by atoms with Gasteiger partial charge in [0.05, 0.1) is 6.61 Å². The molecule has 1 atom stereocenters. The van der Waals surface area contributed by atoms with Crippen molar-refractivity contribution in [3.8, 4) is 0 Å². The molecule has 1 heterocycles. The molecule has 0 spiro atoms. The highest BCUT2D eigenvalue weighted by Crippen LogP contribution is 2.43. The molecule has 1 saturated heterocycles. The van der Waals surface area contributed by atoms with Gasteiger partial charge in [0, 0.05) is 18.7 Å². The molecule has 1 aromatic rings. The smallest absolute Gasteiger partial charge is 0.132 e. The highest BCUT2D eigenvalue weighted by atomic mass is 19.1. The fourth-order valence-corrected chi connectivity index (χ4v) is 2.57. The van der Waals surface area contributed by atoms with Crippen LogP contribution in [0.4, 0.5) is 4.39 Å². The summed E-state index contributed by atoms with van der Waals surface area (Å²) in [7, 11) is 0. The van der Waals surface area contributed by atoms with Crippen LogP contribution >= 0.6 is 0 Å². The van der Waals surface area contributed by atoms with E-state index >= 15 is 0 Å². The molecule has 1 N–H and O–H groups in total. The average Bonchev–Trinajstić information content (AvgIpc) is 3.14. The van der Waals surface area contributed by atoms with Gasteiger partial charge in [0.2, 0.25) is 0 Å². The van der Waals surface area contributed by atoms with E-state index in [4.69, 9.17) is 4.74 Å². The minimum absolute atomic E-state index is 0.0544. The largest absolute Gasteiger partial charge is 0.368 e. The maximum atomic E-state index is 14.5. The summed E-state index contributed by atoms with van der Waals surface area (Å²) in [6.07, 6.45) is 2.24. The first-order valence-electron chi connectivity index (χ1n) is 6.34. The fraction of sp³-hybridized carbons (Fsp3) is 0.571. The first-order chi connectivity index (χ1) is 8.21. The minimum Gasteiger partial charge on any atom is -0.368 e. The number of ether oxygens (including phenoxy) is 1. The molecule has 0 unspecified atom stereocenters. The molecule has 1 aliphatic carbocycles. The lowest BCUT2D eigenvalue weighted by atomic mass is 9.91. The summed E-state index contributed by atoms with van der Waals surface area (Å²) in [6, 6.07) is 5.72. The molecule has 3 heteroatoms. The standard InChI is InChI=1S/C14H18FNO/c1-14(9-16-7-8-17-14)12-4-2-3-11(13(12)15)10-5-6-10/h2-4,10,16H,5-9H2,1H3/t14-/m0/s1. The molecular formula is C14H18FNO. The fourth-order valence-electron chi connectivity index (χ4n) is 2.57. The highest BCUT2D eigenvalue weighted by Gasteiger charge is 2.35. The van der Waals surface area contributed by atoms with Gasteiger partial charge < -0.3 is 10.1 Å². The van der Waals surface area contributed by atoms with E-state index in [1.807, 2.05) is 25.1 Å². The Morgan fingerprint density at radius 3 is 2.88 bits per heavy atom. The predicted octanol–water partition coefficient (Wildman–Crippen LogP) is 2.54. The molecule has 3 rings (SSSR count). The highest BCUT2D eigenvalue weighted by molar-refractivity contribution is 5.35. The average molecular weight is 235 g/mol. The normalized spacial score (nSPS) is 29.3. The van der Waals surface area contributed by atoms with Crippen LogP contribution in [-0.2, 0) is 10.3 Å². The molecule has 2 aliphatic rings. The molecular weight excluding hydrogens is 217 g/mol. The molecule has 0 amide bonds. The number of halogens is 1. The van der Waals surface area contributed by atoms with E-state index in [-0.39, 0.29) is 5.82 Å². The van der Waals surface area contributed by atoms with Crippen molar-refractivity contribution < 1.29 is 9.13 Å². The van der Waals surface area contributed by atoms with Crippen LogP contribution in [0.2, 0.25) is 0 Å². The van der Waals surface area contributed by atoms with Gasteiger partial charge >= 0.3 is 0 Å². The third-order valence-corrected chi connectivity index (χ3v) is 3.78. The summed E-state index contributed by atoms with van der Waals surface area (Å²) in [5, 5.41) is 3.27. The first kappa shape index (κ1) is 11.2. The Hall–Kier alpha value is -0.930. The summed E-state index contributed by atoms with van der Waals surface area (Å²) >= 11 is 0. The van der Waals surface area contributed by atoms with Crippen LogP contribution in [0.25, 0.3) is 0 Å². The number of rotatable bonds is 2. The third-order valence-electron chi connectivity index (χ3n) is 3.78. The van der Waals surface area contributed by atoms with Crippen LogP contribution in [0.3, 0.4) is 0 Å². The van der Waals surface area contributed by atoms with E-state index in [2.05, 4.69) is 5.32 Å². The van der Waals surface area contributed by atoms with Crippen LogP contribution < -0.4 is 5.32 Å². The van der Waals surface area contributed by atoms with Gasteiger partial charge in [0.25, 0.3) is 0 Å². The second kappa shape index (κ2) is 4.07. The van der Waals surface area contributed by atoms with Crippen molar-refractivity contribution in [1.29, 1.82) is 0 Å². The van der Waals surface area contributed by atoms with Gasteiger partial charge in [0.15, 0.2) is 0 Å². The summed E-state index contributed by atoms with van der Waals surface area (Å²) < 4.78 is 20.3. The van der Waals surface area contributed by atoms with Crippen molar-refractivity contribution in [1.82, 2.24) is 5.32 Å². The maximum absolute atomic E-state index is 14.5. The van der Waals surface area contributed by atoms with Crippen molar-refractivity contribution >= 4 is 0 Å². The Balaban J connectivity index is 1.98. The number of hydrogen-bond donors (Lipinski definition) is 1. The van der Waals surface area contributed by atoms with Crippen LogP contribution in [0.15, 0.2) is 18.2 Å². The zero-order valence-corrected chi connectivity index (χ0v) is 10.1. The number of benzene rings is 1. The van der Waals surface area contributed by atoms with Gasteiger partial charge in [0.1, 0.15) is 11.4 Å². The summed E-state index contributed by atoms with van der Waals surface area (Å²) in [5.74, 6) is 0.385. The molecule has 2 fully saturated rings. The van der Waals surface area contributed by atoms with Gasteiger partial charge in [-0.3, -0.25) is 0 Å². The van der Waals surface area contributed by atoms with Gasteiger partial charge in [-0.2, -0.15) is 0 Å². The van der Waals surface area contributed by atoms with E-state index in [0.717, 1.165) is 24.9 Å². The molecule has 1 saturated carbocycles. The predicted molar refractivity (Wildman–Crippen MR) is 64.5 cm³/mol. The molecule has 17 heavy (non-hydrogen) atoms. The molecule has 92 valence electrons. The Labute approximate surface area is 101 Å². The monoisotopic (exact) mass is 235 g/mol. The Morgan fingerprint density at radius 2 is 2.24 bits per heavy atom. The van der Waals surface area contributed by atoms with Crippen molar-refractivity contribution in [2.24, 2.45) is 0 Å². The van der Waals surface area contributed by atoms with Crippen LogP contribution in [0.5, 0.6) is 0 Å². The van der Waals surface area contributed by atoms with Crippen molar-refractivity contribution in [2.45, 2.75) is 31.3 Å². The van der Waals surface area contributed by atoms with Crippen molar-refractivity contribution in [3.63, 3.8) is 0 Å². The SMILES string of the molecule is C[C@@]1(c2cccc(C3CC3)c2F)CNCCO1. The lowest BCUT2D eigenvalue weighted by Gasteiger charge is -2.35. The van der Waals surface area contributed by atoms with Crippen LogP contribution in [0, 0.1) is 5.82 Å². The minimum atomic E-state index is -0.521. The maximum Gasteiger partial charge on any atom is 0.132 e. The summed E-state index contributed by atoms with van der Waals surface area (Å²) in [6.45, 7) is 4.13. The van der Waals surface area contributed by atoms with Crippen LogP contribution in [-0.4, -0.2) is 19.7 Å². The van der Waals surface area contributed by atoms with Crippen LogP contribution in [0.1, 0.15) is 36.8 Å². The topological polar surface area (TPSA) is 21.3 Å². The number of hydrogen-bond acceptors (Lipinski definition) is 2.